The fourth-order valence-corrected chi connectivity index (χ4v) is 5.67. The van der Waals surface area contributed by atoms with E-state index >= 15 is 0 Å². The molecule has 1 aromatic carbocycles. The van der Waals surface area contributed by atoms with Crippen LogP contribution in [0.4, 0.5) is 21.8 Å². The average molecular weight is 524 g/mol. The number of halogens is 1. The molecule has 36 heavy (non-hydrogen) atoms. The van der Waals surface area contributed by atoms with Crippen LogP contribution in [0.2, 0.25) is 0 Å². The second kappa shape index (κ2) is 12.8. The molecular formula is C26H30FN7S2. The van der Waals surface area contributed by atoms with Gasteiger partial charge in [0.2, 0.25) is 5.95 Å². The van der Waals surface area contributed by atoms with Crippen molar-refractivity contribution in [3.05, 3.63) is 59.6 Å². The molecule has 0 amide bonds. The Balaban J connectivity index is 0.00000148. The Morgan fingerprint density at radius 1 is 1.08 bits per heavy atom. The second-order valence-electron chi connectivity index (χ2n) is 8.13. The van der Waals surface area contributed by atoms with Gasteiger partial charge in [0, 0.05) is 54.8 Å². The smallest absolute Gasteiger partial charge is 0.228 e. The van der Waals surface area contributed by atoms with E-state index in [1.165, 1.54) is 0 Å². The van der Waals surface area contributed by atoms with Crippen LogP contribution in [-0.2, 0) is 0 Å². The number of alkyl halides is 1. The zero-order valence-corrected chi connectivity index (χ0v) is 22.1. The van der Waals surface area contributed by atoms with Gasteiger partial charge in [0.05, 0.1) is 11.6 Å². The van der Waals surface area contributed by atoms with Crippen molar-refractivity contribution < 1.29 is 4.39 Å². The molecule has 2 aromatic heterocycles. The number of benzene rings is 1. The van der Waals surface area contributed by atoms with Gasteiger partial charge in [-0.2, -0.15) is 10.2 Å². The second-order valence-corrected chi connectivity index (χ2v) is 10.4. The molecular weight excluding hydrogens is 493 g/mol. The number of allylic oxidation sites excluding steroid dienone is 1. The van der Waals surface area contributed by atoms with Crippen LogP contribution in [0.25, 0.3) is 10.7 Å². The Kier molecular flexibility index (Phi) is 9.28. The quantitative estimate of drug-likeness (QED) is 0.308. The zero-order valence-electron chi connectivity index (χ0n) is 20.5. The summed E-state index contributed by atoms with van der Waals surface area (Å²) in [6, 6.07) is 11.3. The number of aromatic nitrogens is 3. The highest BCUT2D eigenvalue weighted by Crippen LogP contribution is 2.30. The van der Waals surface area contributed by atoms with Crippen LogP contribution in [0.15, 0.2) is 54.1 Å². The van der Waals surface area contributed by atoms with Crippen molar-refractivity contribution in [2.24, 2.45) is 0 Å². The van der Waals surface area contributed by atoms with Gasteiger partial charge in [-0.05, 0) is 37.1 Å². The largest absolute Gasteiger partial charge is 0.340 e. The molecule has 0 radical (unpaired) electrons. The number of rotatable bonds is 6. The third kappa shape index (κ3) is 6.81. The lowest BCUT2D eigenvalue weighted by Gasteiger charge is -2.35. The monoisotopic (exact) mass is 523 g/mol. The van der Waals surface area contributed by atoms with Crippen molar-refractivity contribution in [2.75, 3.05) is 36.4 Å². The molecule has 2 aliphatic rings. The van der Waals surface area contributed by atoms with Gasteiger partial charge < -0.3 is 10.2 Å². The number of hydrogen-bond donors (Lipinski definition) is 1. The van der Waals surface area contributed by atoms with Crippen LogP contribution in [0, 0.1) is 11.3 Å². The molecule has 5 rings (SSSR count). The summed E-state index contributed by atoms with van der Waals surface area (Å²) in [5.41, 5.74) is 2.24. The maximum atomic E-state index is 13.4. The van der Waals surface area contributed by atoms with Gasteiger partial charge in [-0.25, -0.2) is 18.7 Å². The Morgan fingerprint density at radius 2 is 1.86 bits per heavy atom. The van der Waals surface area contributed by atoms with Crippen LogP contribution in [0.1, 0.15) is 32.3 Å². The molecule has 3 aromatic rings. The maximum Gasteiger partial charge on any atom is 0.228 e. The fraction of sp³-hybridized carbons (Fsp3) is 0.385. The summed E-state index contributed by atoms with van der Waals surface area (Å²) in [7, 11) is 0. The van der Waals surface area contributed by atoms with Crippen LogP contribution >= 0.6 is 23.3 Å². The first-order valence-corrected chi connectivity index (χ1v) is 13.9. The lowest BCUT2D eigenvalue weighted by Crippen LogP contribution is -2.45. The third-order valence-corrected chi connectivity index (χ3v) is 7.84. The standard InChI is InChI=1S/C24H24FN7S2.C2H6/c25-18-3-7-20(8-4-18)34-32-12-10-31(11-13-32)24-29-21(23-27-9-14-33-23)15-22(30-24)28-19-5-1-17(16-26)2-6-19;1-2/h1-3,5-7,9,14-15,18,20H,4,8,10-13H2,(H,28,29,30);1-2H3. The summed E-state index contributed by atoms with van der Waals surface area (Å²) >= 11 is 3.36. The Bertz CT molecular complexity index is 1170. The molecule has 0 bridgehead atoms. The number of anilines is 3. The highest BCUT2D eigenvalue weighted by molar-refractivity contribution is 7.97. The SMILES string of the molecule is CC.N#Cc1ccc(Nc2cc(-c3nccs3)nc(N3CCN(SC4C=CC(F)CC4)CC3)n2)cc1. The molecule has 1 aliphatic heterocycles. The first-order valence-electron chi connectivity index (χ1n) is 12.2. The molecule has 2 unspecified atom stereocenters. The number of hydrogen-bond acceptors (Lipinski definition) is 9. The zero-order chi connectivity index (χ0) is 25.3. The van der Waals surface area contributed by atoms with Gasteiger partial charge in [0.25, 0.3) is 0 Å². The predicted octanol–water partition coefficient (Wildman–Crippen LogP) is 6.07. The first-order chi connectivity index (χ1) is 17.7. The Morgan fingerprint density at radius 3 is 2.50 bits per heavy atom. The third-order valence-electron chi connectivity index (χ3n) is 5.72. The predicted molar refractivity (Wildman–Crippen MR) is 147 cm³/mol. The Labute approximate surface area is 220 Å². The van der Waals surface area contributed by atoms with E-state index < -0.39 is 6.17 Å². The van der Waals surface area contributed by atoms with E-state index in [0.29, 0.717) is 29.0 Å². The number of nitriles is 1. The molecule has 0 saturated carbocycles. The van der Waals surface area contributed by atoms with Crippen molar-refractivity contribution in [3.8, 4) is 16.8 Å². The molecule has 0 spiro atoms. The van der Waals surface area contributed by atoms with Crippen molar-refractivity contribution in [1.82, 2.24) is 19.3 Å². The number of nitrogens with one attached hydrogen (secondary N) is 1. The van der Waals surface area contributed by atoms with Gasteiger partial charge in [0.15, 0.2) is 0 Å². The van der Waals surface area contributed by atoms with E-state index in [1.807, 2.05) is 55.5 Å². The molecule has 1 saturated heterocycles. The van der Waals surface area contributed by atoms with E-state index in [0.717, 1.165) is 49.0 Å². The van der Waals surface area contributed by atoms with Crippen LogP contribution in [0.3, 0.4) is 0 Å². The molecule has 1 N–H and O–H groups in total. The molecule has 1 aliphatic carbocycles. The number of thiazole rings is 1. The van der Waals surface area contributed by atoms with Gasteiger partial charge in [-0.15, -0.1) is 11.3 Å². The Hall–Kier alpha value is -3.00. The minimum absolute atomic E-state index is 0.353. The van der Waals surface area contributed by atoms with Gasteiger partial charge in [-0.3, -0.25) is 0 Å². The molecule has 7 nitrogen and oxygen atoms in total. The molecule has 1 fully saturated rings. The van der Waals surface area contributed by atoms with Crippen molar-refractivity contribution in [3.63, 3.8) is 0 Å². The van der Waals surface area contributed by atoms with Gasteiger partial charge in [-0.1, -0.05) is 37.9 Å². The van der Waals surface area contributed by atoms with Crippen molar-refractivity contribution >= 4 is 40.7 Å². The molecule has 2 atom stereocenters. The van der Waals surface area contributed by atoms with Crippen LogP contribution < -0.4 is 10.2 Å². The molecule has 10 heteroatoms. The summed E-state index contributed by atoms with van der Waals surface area (Å²) in [5.74, 6) is 1.36. The minimum atomic E-state index is -0.789. The summed E-state index contributed by atoms with van der Waals surface area (Å²) in [6.07, 6.45) is 6.18. The van der Waals surface area contributed by atoms with Crippen molar-refractivity contribution in [2.45, 2.75) is 38.1 Å². The van der Waals surface area contributed by atoms with E-state index in [-0.39, 0.29) is 0 Å². The number of piperazine rings is 1. The average Bonchev–Trinajstić information content (AvgIpc) is 3.47. The van der Waals surface area contributed by atoms with E-state index in [9.17, 15) is 4.39 Å². The summed E-state index contributed by atoms with van der Waals surface area (Å²) < 4.78 is 15.7. The fourth-order valence-electron chi connectivity index (χ4n) is 3.91. The van der Waals surface area contributed by atoms with Crippen LogP contribution in [0.5, 0.6) is 0 Å². The van der Waals surface area contributed by atoms with Gasteiger partial charge in [0.1, 0.15) is 22.7 Å². The topological polar surface area (TPSA) is 81.0 Å². The minimum Gasteiger partial charge on any atom is -0.340 e. The van der Waals surface area contributed by atoms with Gasteiger partial charge >= 0.3 is 0 Å². The molecule has 3 heterocycles. The highest BCUT2D eigenvalue weighted by Gasteiger charge is 2.24. The van der Waals surface area contributed by atoms with E-state index in [1.54, 1.807) is 35.7 Å². The maximum absolute atomic E-state index is 13.4. The number of nitrogens with zero attached hydrogens (tertiary/aromatic N) is 6. The summed E-state index contributed by atoms with van der Waals surface area (Å²) in [4.78, 5) is 16.2. The normalized spacial score (nSPS) is 19.8. The summed E-state index contributed by atoms with van der Waals surface area (Å²) in [6.45, 7) is 7.40. The summed E-state index contributed by atoms with van der Waals surface area (Å²) in [5, 5.41) is 15.5. The van der Waals surface area contributed by atoms with E-state index in [4.69, 9.17) is 15.2 Å². The molecule has 188 valence electrons. The lowest BCUT2D eigenvalue weighted by molar-refractivity contribution is 0.360. The first kappa shape index (κ1) is 26.1. The van der Waals surface area contributed by atoms with E-state index in [2.05, 4.69) is 25.6 Å². The highest BCUT2D eigenvalue weighted by atomic mass is 32.2. The van der Waals surface area contributed by atoms with Crippen molar-refractivity contribution in [1.29, 1.82) is 5.26 Å². The lowest BCUT2D eigenvalue weighted by atomic mass is 10.1. The van der Waals surface area contributed by atoms with Crippen LogP contribution in [-0.4, -0.2) is 56.9 Å².